The van der Waals surface area contributed by atoms with Gasteiger partial charge in [-0.15, -0.1) is 0 Å². The van der Waals surface area contributed by atoms with Crippen molar-refractivity contribution in [2.24, 2.45) is 0 Å². The molecule has 0 saturated carbocycles. The summed E-state index contributed by atoms with van der Waals surface area (Å²) < 4.78 is 0. The van der Waals surface area contributed by atoms with Gasteiger partial charge in [0.15, 0.2) is 5.65 Å². The van der Waals surface area contributed by atoms with Crippen molar-refractivity contribution < 1.29 is 4.79 Å². The highest BCUT2D eigenvalue weighted by atomic mass is 16.2. The Morgan fingerprint density at radius 1 is 1.37 bits per heavy atom. The molecule has 1 saturated heterocycles. The van der Waals surface area contributed by atoms with Crippen LogP contribution in [0.1, 0.15) is 6.42 Å². The Bertz CT molecular complexity index is 623. The van der Waals surface area contributed by atoms with Crippen LogP contribution in [0.2, 0.25) is 0 Å². The van der Waals surface area contributed by atoms with E-state index in [1.165, 1.54) is 0 Å². The first-order valence-corrected chi connectivity index (χ1v) is 6.10. The Hall–Kier alpha value is -2.38. The lowest BCUT2D eigenvalue weighted by molar-refractivity contribution is -0.127. The van der Waals surface area contributed by atoms with Crippen LogP contribution in [0.3, 0.4) is 0 Å². The summed E-state index contributed by atoms with van der Waals surface area (Å²) in [4.78, 5) is 23.9. The first-order chi connectivity index (χ1) is 9.15. The Balaban J connectivity index is 2.03. The molecule has 3 N–H and O–H groups in total. The van der Waals surface area contributed by atoms with Crippen LogP contribution >= 0.6 is 0 Å². The van der Waals surface area contributed by atoms with Gasteiger partial charge in [-0.05, 0) is 6.42 Å². The van der Waals surface area contributed by atoms with Gasteiger partial charge in [0.05, 0.1) is 18.1 Å². The lowest BCUT2D eigenvalue weighted by Crippen LogP contribution is -2.34. The zero-order valence-corrected chi connectivity index (χ0v) is 10.6. The molecule has 0 bridgehead atoms. The molecule has 3 heterocycles. The maximum atomic E-state index is 11.9. The molecule has 1 amide bonds. The van der Waals surface area contributed by atoms with E-state index in [2.05, 4.69) is 20.2 Å². The number of anilines is 2. The van der Waals surface area contributed by atoms with Crippen molar-refractivity contribution in [3.63, 3.8) is 0 Å². The summed E-state index contributed by atoms with van der Waals surface area (Å²) in [6.45, 7) is 1.81. The van der Waals surface area contributed by atoms with Crippen LogP contribution in [-0.2, 0) is 4.79 Å². The zero-order chi connectivity index (χ0) is 13.4. The number of rotatable bonds is 1. The van der Waals surface area contributed by atoms with Crippen LogP contribution in [0.25, 0.3) is 11.0 Å². The molecule has 0 aliphatic carbocycles. The lowest BCUT2D eigenvalue weighted by Gasteiger charge is -2.21. The standard InChI is InChI=1S/C11H15N7O/c1-17-3-2-4-18(6-8(17)19)10-7-5-13-16-9(7)14-11(12)15-10/h5H,2-4,6H2,1H3,(H3,12,13,14,15,16). The summed E-state index contributed by atoms with van der Waals surface area (Å²) in [5.74, 6) is 0.919. The first-order valence-electron chi connectivity index (χ1n) is 6.10. The fourth-order valence-electron chi connectivity index (χ4n) is 2.24. The van der Waals surface area contributed by atoms with Crippen LogP contribution in [0.4, 0.5) is 11.8 Å². The number of fused-ring (bicyclic) bond motifs is 1. The Labute approximate surface area is 109 Å². The van der Waals surface area contributed by atoms with Crippen LogP contribution in [-0.4, -0.2) is 57.7 Å². The minimum Gasteiger partial charge on any atom is -0.368 e. The van der Waals surface area contributed by atoms with Crippen LogP contribution in [0, 0.1) is 0 Å². The van der Waals surface area contributed by atoms with Crippen molar-refractivity contribution in [3.8, 4) is 0 Å². The predicted octanol–water partition coefficient (Wildman–Crippen LogP) is -0.396. The molecule has 2 aromatic rings. The van der Waals surface area contributed by atoms with Crippen molar-refractivity contribution >= 4 is 28.7 Å². The fourth-order valence-corrected chi connectivity index (χ4v) is 2.24. The molecule has 1 aliphatic rings. The van der Waals surface area contributed by atoms with Crippen molar-refractivity contribution in [2.45, 2.75) is 6.42 Å². The summed E-state index contributed by atoms with van der Waals surface area (Å²) >= 11 is 0. The Morgan fingerprint density at radius 3 is 3.05 bits per heavy atom. The van der Waals surface area contributed by atoms with E-state index in [1.54, 1.807) is 11.1 Å². The van der Waals surface area contributed by atoms with E-state index in [-0.39, 0.29) is 11.9 Å². The molecule has 1 fully saturated rings. The highest BCUT2D eigenvalue weighted by molar-refractivity contribution is 5.90. The topological polar surface area (TPSA) is 104 Å². The lowest BCUT2D eigenvalue weighted by atomic mass is 10.3. The molecule has 3 rings (SSSR count). The number of nitrogens with two attached hydrogens (primary N) is 1. The number of likely N-dealkylation sites (N-methyl/N-ethyl adjacent to an activating group) is 1. The number of nitrogen functional groups attached to an aromatic ring is 1. The third-order valence-corrected chi connectivity index (χ3v) is 3.28. The van der Waals surface area contributed by atoms with Crippen molar-refractivity contribution in [1.82, 2.24) is 25.1 Å². The average Bonchev–Trinajstić information content (AvgIpc) is 2.77. The van der Waals surface area contributed by atoms with Gasteiger partial charge in [0.2, 0.25) is 11.9 Å². The smallest absolute Gasteiger partial charge is 0.241 e. The molecule has 19 heavy (non-hydrogen) atoms. The number of amides is 1. The van der Waals surface area contributed by atoms with Crippen molar-refractivity contribution in [2.75, 3.05) is 37.3 Å². The van der Waals surface area contributed by atoms with E-state index in [0.29, 0.717) is 18.0 Å². The summed E-state index contributed by atoms with van der Waals surface area (Å²) in [7, 11) is 1.81. The molecule has 1 aliphatic heterocycles. The van der Waals surface area contributed by atoms with E-state index in [0.717, 1.165) is 24.9 Å². The monoisotopic (exact) mass is 261 g/mol. The van der Waals surface area contributed by atoms with Crippen LogP contribution in [0.5, 0.6) is 0 Å². The normalized spacial score (nSPS) is 17.0. The number of hydrogen-bond acceptors (Lipinski definition) is 6. The fraction of sp³-hybridized carbons (Fsp3) is 0.455. The molecule has 8 nitrogen and oxygen atoms in total. The third kappa shape index (κ3) is 2.05. The number of carbonyl (C=O) groups excluding carboxylic acids is 1. The minimum atomic E-state index is 0.0753. The molecule has 8 heteroatoms. The largest absolute Gasteiger partial charge is 0.368 e. The molecule has 100 valence electrons. The molecule has 2 aromatic heterocycles. The summed E-state index contributed by atoms with van der Waals surface area (Å²) in [6, 6.07) is 0. The van der Waals surface area contributed by atoms with E-state index in [1.807, 2.05) is 11.9 Å². The summed E-state index contributed by atoms with van der Waals surface area (Å²) in [5.41, 5.74) is 6.29. The van der Waals surface area contributed by atoms with Crippen LogP contribution in [0.15, 0.2) is 6.20 Å². The third-order valence-electron chi connectivity index (χ3n) is 3.28. The van der Waals surface area contributed by atoms with Crippen molar-refractivity contribution in [1.29, 1.82) is 0 Å². The highest BCUT2D eigenvalue weighted by Crippen LogP contribution is 2.24. The van der Waals surface area contributed by atoms with Gasteiger partial charge in [-0.25, -0.2) is 0 Å². The Morgan fingerprint density at radius 2 is 2.21 bits per heavy atom. The second-order valence-corrected chi connectivity index (χ2v) is 4.63. The van der Waals surface area contributed by atoms with Gasteiger partial charge < -0.3 is 15.5 Å². The summed E-state index contributed by atoms with van der Waals surface area (Å²) in [5, 5.41) is 7.51. The quantitative estimate of drug-likeness (QED) is 0.724. The van der Waals surface area contributed by atoms with Gasteiger partial charge in [0.25, 0.3) is 0 Å². The molecule has 0 spiro atoms. The van der Waals surface area contributed by atoms with Crippen molar-refractivity contribution in [3.05, 3.63) is 6.20 Å². The maximum absolute atomic E-state index is 11.9. The van der Waals surface area contributed by atoms with Crippen LogP contribution < -0.4 is 10.6 Å². The minimum absolute atomic E-state index is 0.0753. The van der Waals surface area contributed by atoms with Gasteiger partial charge in [0, 0.05) is 20.1 Å². The number of carbonyl (C=O) groups is 1. The van der Waals surface area contributed by atoms with E-state index in [9.17, 15) is 4.79 Å². The van der Waals surface area contributed by atoms with E-state index in [4.69, 9.17) is 5.73 Å². The highest BCUT2D eigenvalue weighted by Gasteiger charge is 2.22. The number of aromatic amines is 1. The van der Waals surface area contributed by atoms with Gasteiger partial charge in [-0.1, -0.05) is 0 Å². The Kier molecular flexibility index (Phi) is 2.69. The summed E-state index contributed by atoms with van der Waals surface area (Å²) in [6.07, 6.45) is 2.55. The molecule has 0 radical (unpaired) electrons. The number of H-pyrrole nitrogens is 1. The molecular weight excluding hydrogens is 246 g/mol. The number of nitrogens with zero attached hydrogens (tertiary/aromatic N) is 5. The predicted molar refractivity (Wildman–Crippen MR) is 70.6 cm³/mol. The van der Waals surface area contributed by atoms with E-state index < -0.39 is 0 Å². The molecule has 0 unspecified atom stereocenters. The van der Waals surface area contributed by atoms with E-state index >= 15 is 0 Å². The first kappa shape index (κ1) is 11.7. The molecule has 0 aromatic carbocycles. The zero-order valence-electron chi connectivity index (χ0n) is 10.6. The maximum Gasteiger partial charge on any atom is 0.241 e. The number of hydrogen-bond donors (Lipinski definition) is 2. The van der Waals surface area contributed by atoms with Gasteiger partial charge in [-0.3, -0.25) is 9.89 Å². The average molecular weight is 261 g/mol. The second-order valence-electron chi connectivity index (χ2n) is 4.63. The SMILES string of the molecule is CN1CCCN(c2nc(N)nc3[nH]ncc23)CC1=O. The van der Waals surface area contributed by atoms with Gasteiger partial charge in [-0.2, -0.15) is 15.1 Å². The van der Waals surface area contributed by atoms with Gasteiger partial charge in [0.1, 0.15) is 5.82 Å². The molecule has 0 atom stereocenters. The second kappa shape index (κ2) is 4.38. The van der Waals surface area contributed by atoms with Gasteiger partial charge >= 0.3 is 0 Å². The number of nitrogens with one attached hydrogen (secondary N) is 1. The number of aromatic nitrogens is 4. The molecular formula is C11H15N7O.